The zero-order valence-electron chi connectivity index (χ0n) is 19.3. The van der Waals surface area contributed by atoms with Gasteiger partial charge in [-0.1, -0.05) is 29.8 Å². The molecule has 6 rings (SSSR count). The lowest BCUT2D eigenvalue weighted by Gasteiger charge is -2.61. The highest BCUT2D eigenvalue weighted by atomic mass is 32.2. The first-order valence-corrected chi connectivity index (χ1v) is 13.3. The number of benzene rings is 2. The maximum absolute atomic E-state index is 13.4. The Hall–Kier alpha value is -2.71. The smallest absolute Gasteiger partial charge is 0.312 e. The van der Waals surface area contributed by atoms with E-state index in [9.17, 15) is 18.0 Å². The van der Waals surface area contributed by atoms with Gasteiger partial charge >= 0.3 is 5.97 Å². The molecular formula is C26H30N2O5S. The zero-order valence-corrected chi connectivity index (χ0v) is 20.1. The summed E-state index contributed by atoms with van der Waals surface area (Å²) in [7, 11) is -3.80. The molecule has 7 nitrogen and oxygen atoms in total. The number of nitrogens with one attached hydrogen (secondary N) is 1. The minimum atomic E-state index is -3.80. The lowest BCUT2D eigenvalue weighted by Crippen LogP contribution is -2.57. The topological polar surface area (TPSA) is 116 Å². The maximum Gasteiger partial charge on any atom is 0.312 e. The second-order valence-corrected chi connectivity index (χ2v) is 12.1. The monoisotopic (exact) mass is 482 g/mol. The van der Waals surface area contributed by atoms with Gasteiger partial charge < -0.3 is 10.1 Å². The van der Waals surface area contributed by atoms with E-state index in [-0.39, 0.29) is 22.9 Å². The Morgan fingerprint density at radius 2 is 1.62 bits per heavy atom. The van der Waals surface area contributed by atoms with Crippen LogP contribution in [0, 0.1) is 24.2 Å². The number of nitrogens with two attached hydrogens (primary N) is 1. The molecule has 4 aliphatic rings. The summed E-state index contributed by atoms with van der Waals surface area (Å²) in [4.78, 5) is 25.7. The quantitative estimate of drug-likeness (QED) is 0.610. The van der Waals surface area contributed by atoms with Gasteiger partial charge in [0.15, 0.2) is 6.61 Å². The Labute approximate surface area is 200 Å². The summed E-state index contributed by atoms with van der Waals surface area (Å²) in [5, 5.41) is 7.73. The molecule has 34 heavy (non-hydrogen) atoms. The summed E-state index contributed by atoms with van der Waals surface area (Å²) in [6, 6.07) is 14.3. The molecular weight excluding hydrogens is 452 g/mol. The number of hydrogen-bond donors (Lipinski definition) is 2. The average molecular weight is 483 g/mol. The molecule has 180 valence electrons. The van der Waals surface area contributed by atoms with Gasteiger partial charge in [0, 0.05) is 5.69 Å². The standard InChI is InChI=1S/C26H30N2O5S/c1-17-2-4-20(5-3-17)25-11-18-10-19(12-25)14-26(13-18,16-25)24(30)33-15-23(29)28-21-6-8-22(9-7-21)34(27,31)32/h2-9,18-19H,10-16H2,1H3,(H,28,29)(H2,27,31,32)/t18-,19-,25?,26?/m1/s1. The summed E-state index contributed by atoms with van der Waals surface area (Å²) in [5.41, 5.74) is 2.45. The number of sulfonamides is 1. The first-order valence-electron chi connectivity index (χ1n) is 11.7. The zero-order chi connectivity index (χ0) is 24.1. The van der Waals surface area contributed by atoms with Crippen LogP contribution in [0.25, 0.3) is 0 Å². The van der Waals surface area contributed by atoms with Gasteiger partial charge in [0.2, 0.25) is 10.0 Å². The van der Waals surface area contributed by atoms with Crippen molar-refractivity contribution in [3.05, 3.63) is 59.7 Å². The van der Waals surface area contributed by atoms with Crippen LogP contribution >= 0.6 is 0 Å². The molecule has 0 radical (unpaired) electrons. The molecule has 0 saturated heterocycles. The highest BCUT2D eigenvalue weighted by molar-refractivity contribution is 7.89. The number of rotatable bonds is 6. The first kappa shape index (κ1) is 23.1. The van der Waals surface area contributed by atoms with Crippen molar-refractivity contribution in [3.63, 3.8) is 0 Å². The minimum absolute atomic E-state index is 0.0180. The van der Waals surface area contributed by atoms with Crippen LogP contribution in [-0.2, 0) is 29.8 Å². The van der Waals surface area contributed by atoms with Gasteiger partial charge in [-0.25, -0.2) is 13.6 Å². The van der Waals surface area contributed by atoms with Crippen LogP contribution in [0.3, 0.4) is 0 Å². The van der Waals surface area contributed by atoms with Gasteiger partial charge in [-0.05, 0) is 92.5 Å². The fraction of sp³-hybridized carbons (Fsp3) is 0.462. The van der Waals surface area contributed by atoms with Crippen molar-refractivity contribution in [1.29, 1.82) is 0 Å². The normalized spacial score (nSPS) is 29.6. The number of amides is 1. The summed E-state index contributed by atoms with van der Waals surface area (Å²) < 4.78 is 28.3. The first-order chi connectivity index (χ1) is 16.1. The molecule has 2 aromatic rings. The van der Waals surface area contributed by atoms with Crippen LogP contribution in [0.2, 0.25) is 0 Å². The largest absolute Gasteiger partial charge is 0.455 e. The third kappa shape index (κ3) is 4.25. The number of primary sulfonamides is 1. The van der Waals surface area contributed by atoms with Gasteiger partial charge in [-0.3, -0.25) is 9.59 Å². The SMILES string of the molecule is Cc1ccc(C23C[C@H]4C[C@@H](CC(C(=O)OCC(=O)Nc5ccc(S(N)(=O)=O)cc5)(C4)C2)C3)cc1. The second kappa shape index (κ2) is 8.20. The third-order valence-corrected chi connectivity index (χ3v) is 8.89. The van der Waals surface area contributed by atoms with E-state index in [4.69, 9.17) is 9.88 Å². The number of hydrogen-bond acceptors (Lipinski definition) is 5. The fourth-order valence-electron chi connectivity index (χ4n) is 6.96. The summed E-state index contributed by atoms with van der Waals surface area (Å²) in [5.74, 6) is 0.301. The molecule has 0 unspecified atom stereocenters. The summed E-state index contributed by atoms with van der Waals surface area (Å²) in [6.45, 7) is 1.71. The van der Waals surface area contributed by atoms with Crippen molar-refractivity contribution in [2.45, 2.75) is 55.8 Å². The van der Waals surface area contributed by atoms with E-state index in [0.717, 1.165) is 32.1 Å². The van der Waals surface area contributed by atoms with E-state index >= 15 is 0 Å². The third-order valence-electron chi connectivity index (χ3n) is 7.96. The lowest BCUT2D eigenvalue weighted by atomic mass is 9.43. The highest BCUT2D eigenvalue weighted by Crippen LogP contribution is 2.66. The number of carbonyl (C=O) groups is 2. The Morgan fingerprint density at radius 1 is 1.00 bits per heavy atom. The number of esters is 1. The van der Waals surface area contributed by atoms with E-state index < -0.39 is 21.3 Å². The Balaban J connectivity index is 1.25. The van der Waals surface area contributed by atoms with Crippen molar-refractivity contribution in [3.8, 4) is 0 Å². The molecule has 0 spiro atoms. The molecule has 1 amide bonds. The number of ether oxygens (including phenoxy) is 1. The minimum Gasteiger partial charge on any atom is -0.455 e. The van der Waals surface area contributed by atoms with Crippen LogP contribution in [0.1, 0.15) is 49.7 Å². The maximum atomic E-state index is 13.4. The van der Waals surface area contributed by atoms with E-state index in [0.29, 0.717) is 17.5 Å². The molecule has 4 fully saturated rings. The molecule has 4 bridgehead atoms. The predicted octanol–water partition coefficient (Wildman–Crippen LogP) is 3.66. The van der Waals surface area contributed by atoms with Crippen LogP contribution in [0.4, 0.5) is 5.69 Å². The van der Waals surface area contributed by atoms with Crippen molar-refractivity contribution in [1.82, 2.24) is 0 Å². The number of anilines is 1. The lowest BCUT2D eigenvalue weighted by molar-refractivity contribution is -0.175. The Kier molecular flexibility index (Phi) is 5.56. The van der Waals surface area contributed by atoms with Crippen LogP contribution in [-0.4, -0.2) is 26.9 Å². The molecule has 0 aliphatic heterocycles. The van der Waals surface area contributed by atoms with Gasteiger partial charge in [0.1, 0.15) is 0 Å². The van der Waals surface area contributed by atoms with Crippen molar-refractivity contribution in [2.75, 3.05) is 11.9 Å². The second-order valence-electron chi connectivity index (χ2n) is 10.6. The fourth-order valence-corrected chi connectivity index (χ4v) is 7.47. The Bertz CT molecular complexity index is 1210. The summed E-state index contributed by atoms with van der Waals surface area (Å²) >= 11 is 0. The van der Waals surface area contributed by atoms with Gasteiger partial charge in [0.05, 0.1) is 10.3 Å². The van der Waals surface area contributed by atoms with Crippen LogP contribution in [0.15, 0.2) is 53.4 Å². The van der Waals surface area contributed by atoms with Crippen molar-refractivity contribution >= 4 is 27.6 Å². The van der Waals surface area contributed by atoms with E-state index in [2.05, 4.69) is 36.5 Å². The average Bonchev–Trinajstić information content (AvgIpc) is 2.76. The molecule has 0 aromatic heterocycles. The van der Waals surface area contributed by atoms with Gasteiger partial charge in [0.25, 0.3) is 5.91 Å². The van der Waals surface area contributed by atoms with Crippen LogP contribution in [0.5, 0.6) is 0 Å². The predicted molar refractivity (Wildman–Crippen MR) is 127 cm³/mol. The number of aryl methyl sites for hydroxylation is 1. The molecule has 3 N–H and O–H groups in total. The molecule has 4 saturated carbocycles. The number of carbonyl (C=O) groups excluding carboxylic acids is 2. The summed E-state index contributed by atoms with van der Waals surface area (Å²) in [6.07, 6.45) is 5.88. The molecule has 2 aromatic carbocycles. The molecule has 0 heterocycles. The van der Waals surface area contributed by atoms with E-state index in [1.165, 1.54) is 41.8 Å². The van der Waals surface area contributed by atoms with Gasteiger partial charge in [-0.2, -0.15) is 0 Å². The highest BCUT2D eigenvalue weighted by Gasteiger charge is 2.61. The van der Waals surface area contributed by atoms with Gasteiger partial charge in [-0.15, -0.1) is 0 Å². The van der Waals surface area contributed by atoms with Crippen LogP contribution < -0.4 is 10.5 Å². The van der Waals surface area contributed by atoms with Crippen molar-refractivity contribution in [2.24, 2.45) is 22.4 Å². The Morgan fingerprint density at radius 3 is 2.21 bits per heavy atom. The van der Waals surface area contributed by atoms with E-state index in [1.54, 1.807) is 0 Å². The van der Waals surface area contributed by atoms with Crippen molar-refractivity contribution < 1.29 is 22.7 Å². The molecule has 8 heteroatoms. The molecule has 2 atom stereocenters. The van der Waals surface area contributed by atoms with E-state index in [1.807, 2.05) is 0 Å². The molecule has 4 aliphatic carbocycles.